The second kappa shape index (κ2) is 8.75. The number of rotatable bonds is 3. The van der Waals surface area contributed by atoms with Crippen molar-refractivity contribution in [2.45, 2.75) is 11.9 Å². The van der Waals surface area contributed by atoms with Gasteiger partial charge in [0.2, 0.25) is 0 Å². The Morgan fingerprint density at radius 1 is 1.21 bits per heavy atom. The molecule has 1 atom stereocenters. The lowest BCUT2D eigenvalue weighted by Gasteiger charge is -2.27. The third-order valence-electron chi connectivity index (χ3n) is 6.18. The van der Waals surface area contributed by atoms with E-state index in [0.29, 0.717) is 12.1 Å². The van der Waals surface area contributed by atoms with Crippen LogP contribution in [0.4, 0.5) is 27.6 Å². The number of carbonyl (C=O) groups is 2. The Bertz CT molecular complexity index is 1780. The molecule has 0 spiro atoms. The van der Waals surface area contributed by atoms with Crippen LogP contribution in [-0.2, 0) is 18.9 Å². The highest BCUT2D eigenvalue weighted by molar-refractivity contribution is 6.30. The molecule has 0 bridgehead atoms. The monoisotopic (exact) mass is 561 g/mol. The number of nitrogens with one attached hydrogen (secondary N) is 2. The van der Waals surface area contributed by atoms with E-state index in [0.717, 1.165) is 16.8 Å². The summed E-state index contributed by atoms with van der Waals surface area (Å²) in [4.78, 5) is 26.2. The molecule has 1 aromatic heterocycles. The lowest BCUT2D eigenvalue weighted by atomic mass is 9.90. The van der Waals surface area contributed by atoms with Crippen LogP contribution in [0.25, 0.3) is 10.9 Å². The van der Waals surface area contributed by atoms with Crippen molar-refractivity contribution >= 4 is 40.0 Å². The van der Waals surface area contributed by atoms with Crippen LogP contribution in [0.1, 0.15) is 43.1 Å². The fraction of sp³-hybridized carbons (Fsp3) is 0.120. The zero-order chi connectivity index (χ0) is 28.4. The molecule has 0 saturated heterocycles. The summed E-state index contributed by atoms with van der Waals surface area (Å²) in [6.45, 7) is 0. The Balaban J connectivity index is 1.80. The standard InChI is InChI=1S/C25H13ClF5N5O3/c1-36-18(9-32)19-17(35-36)8-14-20(24(39,34-23(14)38)15-7-12(26)2-3-16(15)28)21(19)33-22(37)10-4-11(25(29,30)31)6-13(27)5-10/h2-8,39H,1H3,(H,33,37)(H,34,38). The van der Waals surface area contributed by atoms with E-state index in [4.69, 9.17) is 11.6 Å². The highest BCUT2D eigenvalue weighted by Gasteiger charge is 2.48. The number of hydrogen-bond donors (Lipinski definition) is 3. The topological polar surface area (TPSA) is 120 Å². The van der Waals surface area contributed by atoms with Crippen molar-refractivity contribution in [1.29, 1.82) is 5.26 Å². The molecular weight excluding hydrogens is 549 g/mol. The number of fused-ring (bicyclic) bond motifs is 2. The van der Waals surface area contributed by atoms with Crippen molar-refractivity contribution in [1.82, 2.24) is 15.1 Å². The molecule has 3 aromatic carbocycles. The number of aromatic nitrogens is 2. The molecule has 198 valence electrons. The van der Waals surface area contributed by atoms with E-state index in [9.17, 15) is 41.9 Å². The number of aliphatic hydroxyl groups is 1. The molecule has 39 heavy (non-hydrogen) atoms. The number of alkyl halides is 3. The van der Waals surface area contributed by atoms with Crippen LogP contribution >= 0.6 is 11.6 Å². The third-order valence-corrected chi connectivity index (χ3v) is 6.41. The van der Waals surface area contributed by atoms with Crippen molar-refractivity contribution in [2.75, 3.05) is 5.32 Å². The lowest BCUT2D eigenvalue weighted by Crippen LogP contribution is -2.41. The molecule has 1 aliphatic rings. The summed E-state index contributed by atoms with van der Waals surface area (Å²) < 4.78 is 69.9. The van der Waals surface area contributed by atoms with Gasteiger partial charge in [0.25, 0.3) is 11.8 Å². The van der Waals surface area contributed by atoms with E-state index < -0.39 is 63.3 Å². The first-order chi connectivity index (χ1) is 18.2. The average Bonchev–Trinajstić information content (AvgIpc) is 3.31. The summed E-state index contributed by atoms with van der Waals surface area (Å²) in [5.74, 6) is -4.56. The molecule has 5 rings (SSSR count). The third kappa shape index (κ3) is 4.14. The number of benzene rings is 3. The molecular formula is C25H13ClF5N5O3. The van der Waals surface area contributed by atoms with E-state index in [2.05, 4.69) is 15.7 Å². The summed E-state index contributed by atoms with van der Waals surface area (Å²) >= 11 is 5.99. The smallest absolute Gasteiger partial charge is 0.363 e. The average molecular weight is 562 g/mol. The van der Waals surface area contributed by atoms with Crippen LogP contribution in [0.15, 0.2) is 42.5 Å². The predicted molar refractivity (Wildman–Crippen MR) is 127 cm³/mol. The molecule has 4 aromatic rings. The molecule has 0 radical (unpaired) electrons. The molecule has 0 saturated carbocycles. The first-order valence-corrected chi connectivity index (χ1v) is 11.3. The van der Waals surface area contributed by atoms with Gasteiger partial charge < -0.3 is 15.7 Å². The van der Waals surface area contributed by atoms with Crippen molar-refractivity contribution in [3.05, 3.63) is 92.6 Å². The Labute approximate surface area is 220 Å². The van der Waals surface area contributed by atoms with E-state index in [-0.39, 0.29) is 33.2 Å². The van der Waals surface area contributed by atoms with Crippen molar-refractivity contribution < 1.29 is 36.6 Å². The minimum Gasteiger partial charge on any atom is -0.363 e. The fourth-order valence-electron chi connectivity index (χ4n) is 4.51. The molecule has 2 amide bonds. The van der Waals surface area contributed by atoms with Crippen molar-refractivity contribution in [2.24, 2.45) is 7.05 Å². The molecule has 3 N–H and O–H groups in total. The van der Waals surface area contributed by atoms with Crippen LogP contribution < -0.4 is 10.6 Å². The first-order valence-electron chi connectivity index (χ1n) is 10.9. The van der Waals surface area contributed by atoms with E-state index in [1.165, 1.54) is 19.2 Å². The zero-order valence-corrected chi connectivity index (χ0v) is 20.2. The predicted octanol–water partition coefficient (Wildman–Crippen LogP) is 4.58. The second-order valence-electron chi connectivity index (χ2n) is 8.62. The van der Waals surface area contributed by atoms with Gasteiger partial charge >= 0.3 is 6.18 Å². The minimum absolute atomic E-state index is 0.00992. The van der Waals surface area contributed by atoms with E-state index >= 15 is 0 Å². The zero-order valence-electron chi connectivity index (χ0n) is 19.4. The summed E-state index contributed by atoms with van der Waals surface area (Å²) in [5.41, 5.74) is -6.70. The van der Waals surface area contributed by atoms with E-state index in [1.54, 1.807) is 0 Å². The Morgan fingerprint density at radius 2 is 1.92 bits per heavy atom. The molecule has 14 heteroatoms. The Kier molecular flexibility index (Phi) is 5.85. The second-order valence-corrected chi connectivity index (χ2v) is 9.06. The lowest BCUT2D eigenvalue weighted by molar-refractivity contribution is -0.137. The van der Waals surface area contributed by atoms with Gasteiger partial charge in [0.1, 0.15) is 23.4 Å². The van der Waals surface area contributed by atoms with Gasteiger partial charge in [-0.15, -0.1) is 0 Å². The maximum Gasteiger partial charge on any atom is 0.416 e. The fourth-order valence-corrected chi connectivity index (χ4v) is 4.68. The Morgan fingerprint density at radius 3 is 2.59 bits per heavy atom. The summed E-state index contributed by atoms with van der Waals surface area (Å²) in [7, 11) is 1.38. The largest absolute Gasteiger partial charge is 0.416 e. The highest BCUT2D eigenvalue weighted by atomic mass is 35.5. The maximum absolute atomic E-state index is 14.9. The van der Waals surface area contributed by atoms with E-state index in [1.807, 2.05) is 6.07 Å². The molecule has 0 fully saturated rings. The summed E-state index contributed by atoms with van der Waals surface area (Å²) in [6.07, 6.45) is -4.98. The summed E-state index contributed by atoms with van der Waals surface area (Å²) in [5, 5.41) is 29.9. The number of hydrogen-bond acceptors (Lipinski definition) is 5. The maximum atomic E-state index is 14.9. The molecule has 0 aliphatic carbocycles. The van der Waals surface area contributed by atoms with Gasteiger partial charge in [0.15, 0.2) is 5.72 Å². The van der Waals surface area contributed by atoms with Crippen LogP contribution in [-0.4, -0.2) is 26.7 Å². The van der Waals surface area contributed by atoms with Crippen LogP contribution in [0.5, 0.6) is 0 Å². The number of nitrogens with zero attached hydrogens (tertiary/aromatic N) is 3. The van der Waals surface area contributed by atoms with Gasteiger partial charge in [-0.25, -0.2) is 8.78 Å². The van der Waals surface area contributed by atoms with Crippen LogP contribution in [0.2, 0.25) is 5.02 Å². The Hall–Kier alpha value is -4.54. The summed E-state index contributed by atoms with van der Waals surface area (Å²) in [6, 6.07) is 7.34. The quantitative estimate of drug-likeness (QED) is 0.316. The first kappa shape index (κ1) is 26.1. The van der Waals surface area contributed by atoms with Gasteiger partial charge in [0, 0.05) is 28.8 Å². The van der Waals surface area contributed by atoms with Gasteiger partial charge in [-0.3, -0.25) is 14.3 Å². The highest BCUT2D eigenvalue weighted by Crippen LogP contribution is 2.45. The van der Waals surface area contributed by atoms with Crippen molar-refractivity contribution in [3.63, 3.8) is 0 Å². The number of amides is 2. The van der Waals surface area contributed by atoms with Crippen LogP contribution in [0, 0.1) is 23.0 Å². The normalized spacial score (nSPS) is 16.6. The van der Waals surface area contributed by atoms with Gasteiger partial charge in [-0.05, 0) is 42.5 Å². The number of aryl methyl sites for hydroxylation is 1. The van der Waals surface area contributed by atoms with Crippen molar-refractivity contribution in [3.8, 4) is 6.07 Å². The van der Waals surface area contributed by atoms with Gasteiger partial charge in [-0.1, -0.05) is 11.6 Å². The molecule has 2 heterocycles. The number of carbonyl (C=O) groups excluding carboxylic acids is 2. The minimum atomic E-state index is -4.98. The van der Waals surface area contributed by atoms with Gasteiger partial charge in [0.05, 0.1) is 27.7 Å². The molecule has 8 nitrogen and oxygen atoms in total. The SMILES string of the molecule is Cn1nc2cc3c(c(NC(=O)c4cc(F)cc(C(F)(F)F)c4)c2c1C#N)C(O)(c1cc(Cl)ccc1F)NC3=O. The van der Waals surface area contributed by atoms with Crippen LogP contribution in [0.3, 0.4) is 0 Å². The molecule has 1 unspecified atom stereocenters. The number of halogens is 6. The molecule has 1 aliphatic heterocycles. The van der Waals surface area contributed by atoms with Gasteiger partial charge in [-0.2, -0.15) is 23.5 Å². The number of nitriles is 1. The number of anilines is 1.